The number of benzene rings is 1. The zero-order valence-electron chi connectivity index (χ0n) is 17.5. The quantitative estimate of drug-likeness (QED) is 0.674. The van der Waals surface area contributed by atoms with Crippen LogP contribution in [0.4, 0.5) is 4.39 Å². The Hall–Kier alpha value is -2.45. The highest BCUT2D eigenvalue weighted by molar-refractivity contribution is 5.99. The summed E-state index contributed by atoms with van der Waals surface area (Å²) in [5.41, 5.74) is 0.722. The van der Waals surface area contributed by atoms with Crippen LogP contribution in [0.5, 0.6) is 5.88 Å². The Kier molecular flexibility index (Phi) is 6.34. The normalized spacial score (nSPS) is 19.4. The van der Waals surface area contributed by atoms with Crippen molar-refractivity contribution in [2.45, 2.75) is 32.4 Å². The number of fused-ring (bicyclic) bond motifs is 1. The molecule has 0 radical (unpaired) electrons. The number of rotatable bonds is 6. The van der Waals surface area contributed by atoms with E-state index in [4.69, 9.17) is 14.2 Å². The van der Waals surface area contributed by atoms with E-state index in [2.05, 4.69) is 17.0 Å². The molecule has 162 valence electrons. The predicted molar refractivity (Wildman–Crippen MR) is 109 cm³/mol. The van der Waals surface area contributed by atoms with Crippen molar-refractivity contribution in [3.63, 3.8) is 0 Å². The van der Waals surface area contributed by atoms with Crippen molar-refractivity contribution in [3.8, 4) is 17.1 Å². The Morgan fingerprint density at radius 1 is 1.33 bits per heavy atom. The van der Waals surface area contributed by atoms with E-state index in [1.54, 1.807) is 29.8 Å². The molecule has 0 saturated carbocycles. The van der Waals surface area contributed by atoms with Crippen LogP contribution in [0, 0.1) is 11.7 Å². The van der Waals surface area contributed by atoms with Gasteiger partial charge >= 0.3 is 5.97 Å². The van der Waals surface area contributed by atoms with Gasteiger partial charge in [0, 0.05) is 37.3 Å². The lowest BCUT2D eigenvalue weighted by atomic mass is 10.0. The molecule has 1 unspecified atom stereocenters. The van der Waals surface area contributed by atoms with Gasteiger partial charge in [-0.1, -0.05) is 12.1 Å². The molecule has 1 atom stereocenters. The average molecular weight is 417 g/mol. The molecular weight excluding hydrogens is 389 g/mol. The van der Waals surface area contributed by atoms with Crippen LogP contribution in [0.3, 0.4) is 0 Å². The molecule has 1 aromatic carbocycles. The lowest BCUT2D eigenvalue weighted by Crippen LogP contribution is -2.42. The van der Waals surface area contributed by atoms with E-state index in [0.717, 1.165) is 32.6 Å². The van der Waals surface area contributed by atoms with Crippen molar-refractivity contribution in [1.29, 1.82) is 0 Å². The number of aromatic nitrogens is 2. The molecule has 3 heterocycles. The molecule has 0 N–H and O–H groups in total. The second-order valence-corrected chi connectivity index (χ2v) is 7.87. The van der Waals surface area contributed by atoms with Gasteiger partial charge in [-0.25, -0.2) is 13.9 Å². The Morgan fingerprint density at radius 3 is 2.83 bits per heavy atom. The molecule has 1 aromatic heterocycles. The minimum atomic E-state index is -0.547. The minimum Gasteiger partial charge on any atom is -0.477 e. The fourth-order valence-electron chi connectivity index (χ4n) is 4.23. The van der Waals surface area contributed by atoms with E-state index in [0.29, 0.717) is 25.1 Å². The van der Waals surface area contributed by atoms with Crippen LogP contribution in [-0.2, 0) is 16.0 Å². The third-order valence-electron chi connectivity index (χ3n) is 5.76. The molecule has 2 aromatic rings. The van der Waals surface area contributed by atoms with Crippen molar-refractivity contribution < 1.29 is 23.4 Å². The van der Waals surface area contributed by atoms with Gasteiger partial charge in [0.2, 0.25) is 5.88 Å². The Labute approximate surface area is 175 Å². The number of carbonyl (C=O) groups is 1. The standard InChI is InChI=1S/C22H28FN3O4/c1-3-29-22(27)19-20(17-6-4-5-7-18(17)23)24-26-13-15(14-30-21(19)26)12-25(2)16-8-10-28-11-9-16/h4-7,15-16H,3,8-14H2,1-2H3. The SMILES string of the molecule is CCOC(=O)c1c(-c2ccccc2F)nn2c1OCC(CN(C)C1CCOCC1)C2. The molecule has 8 heteroatoms. The third kappa shape index (κ3) is 4.20. The molecule has 2 aliphatic heterocycles. The lowest BCUT2D eigenvalue weighted by molar-refractivity contribution is 0.0299. The fourth-order valence-corrected chi connectivity index (χ4v) is 4.23. The molecule has 0 spiro atoms. The molecule has 4 rings (SSSR count). The van der Waals surface area contributed by atoms with Gasteiger partial charge in [0.05, 0.1) is 19.8 Å². The summed E-state index contributed by atoms with van der Waals surface area (Å²) in [4.78, 5) is 15.0. The first-order chi connectivity index (χ1) is 14.6. The van der Waals surface area contributed by atoms with Gasteiger partial charge in [0.15, 0.2) is 0 Å². The van der Waals surface area contributed by atoms with Crippen molar-refractivity contribution >= 4 is 5.97 Å². The van der Waals surface area contributed by atoms with Gasteiger partial charge in [-0.15, -0.1) is 0 Å². The van der Waals surface area contributed by atoms with E-state index in [9.17, 15) is 9.18 Å². The van der Waals surface area contributed by atoms with Crippen LogP contribution in [0.15, 0.2) is 24.3 Å². The largest absolute Gasteiger partial charge is 0.477 e. The summed E-state index contributed by atoms with van der Waals surface area (Å²) in [5, 5.41) is 4.57. The maximum Gasteiger partial charge on any atom is 0.345 e. The van der Waals surface area contributed by atoms with E-state index >= 15 is 0 Å². The number of esters is 1. The highest BCUT2D eigenvalue weighted by Crippen LogP contribution is 2.35. The summed E-state index contributed by atoms with van der Waals surface area (Å²) in [6, 6.07) is 6.80. The van der Waals surface area contributed by atoms with Gasteiger partial charge < -0.3 is 19.1 Å². The first-order valence-electron chi connectivity index (χ1n) is 10.5. The van der Waals surface area contributed by atoms with Crippen molar-refractivity contribution in [1.82, 2.24) is 14.7 Å². The molecule has 30 heavy (non-hydrogen) atoms. The summed E-state index contributed by atoms with van der Waals surface area (Å²) >= 11 is 0. The smallest absolute Gasteiger partial charge is 0.345 e. The molecule has 1 fully saturated rings. The maximum absolute atomic E-state index is 14.5. The first kappa shape index (κ1) is 20.8. The summed E-state index contributed by atoms with van der Waals surface area (Å²) in [6.07, 6.45) is 2.06. The summed E-state index contributed by atoms with van der Waals surface area (Å²) in [5.74, 6) is -0.408. The molecule has 0 bridgehead atoms. The Morgan fingerprint density at radius 2 is 2.10 bits per heavy atom. The van der Waals surface area contributed by atoms with Crippen LogP contribution >= 0.6 is 0 Å². The number of hydrogen-bond donors (Lipinski definition) is 0. The summed E-state index contributed by atoms with van der Waals surface area (Å²) in [7, 11) is 2.13. The summed E-state index contributed by atoms with van der Waals surface area (Å²) < 4.78 is 32.8. The second-order valence-electron chi connectivity index (χ2n) is 7.87. The van der Waals surface area contributed by atoms with E-state index in [-0.39, 0.29) is 29.3 Å². The van der Waals surface area contributed by atoms with Crippen molar-refractivity contribution in [2.75, 3.05) is 40.0 Å². The Balaban J connectivity index is 1.59. The number of ether oxygens (including phenoxy) is 3. The van der Waals surface area contributed by atoms with Crippen LogP contribution in [0.2, 0.25) is 0 Å². The molecule has 1 saturated heterocycles. The molecule has 2 aliphatic rings. The van der Waals surface area contributed by atoms with Gasteiger partial charge in [-0.2, -0.15) is 5.10 Å². The van der Waals surface area contributed by atoms with Gasteiger partial charge in [0.1, 0.15) is 17.1 Å². The molecule has 0 amide bonds. The molecule has 0 aliphatic carbocycles. The van der Waals surface area contributed by atoms with Crippen LogP contribution < -0.4 is 4.74 Å². The molecular formula is C22H28FN3O4. The highest BCUT2D eigenvalue weighted by atomic mass is 19.1. The fraction of sp³-hybridized carbons (Fsp3) is 0.545. The average Bonchev–Trinajstić information content (AvgIpc) is 3.13. The number of halogens is 1. The third-order valence-corrected chi connectivity index (χ3v) is 5.76. The van der Waals surface area contributed by atoms with Crippen molar-refractivity contribution in [2.24, 2.45) is 5.92 Å². The van der Waals surface area contributed by atoms with Gasteiger partial charge in [-0.05, 0) is 38.9 Å². The maximum atomic E-state index is 14.5. The summed E-state index contributed by atoms with van der Waals surface area (Å²) in [6.45, 7) is 5.49. The van der Waals surface area contributed by atoms with Crippen LogP contribution in [0.1, 0.15) is 30.1 Å². The minimum absolute atomic E-state index is 0.193. The van der Waals surface area contributed by atoms with Crippen LogP contribution in [0.25, 0.3) is 11.3 Å². The molecule has 7 nitrogen and oxygen atoms in total. The number of hydrogen-bond acceptors (Lipinski definition) is 6. The number of carbonyl (C=O) groups excluding carboxylic acids is 1. The van der Waals surface area contributed by atoms with Gasteiger partial charge in [0.25, 0.3) is 0 Å². The van der Waals surface area contributed by atoms with E-state index in [1.165, 1.54) is 6.07 Å². The van der Waals surface area contributed by atoms with E-state index in [1.807, 2.05) is 0 Å². The second kappa shape index (κ2) is 9.14. The Bertz CT molecular complexity index is 895. The number of nitrogens with zero attached hydrogens (tertiary/aromatic N) is 3. The lowest BCUT2D eigenvalue weighted by Gasteiger charge is -2.34. The monoisotopic (exact) mass is 417 g/mol. The zero-order chi connectivity index (χ0) is 21.1. The zero-order valence-corrected chi connectivity index (χ0v) is 17.5. The highest BCUT2D eigenvalue weighted by Gasteiger charge is 2.33. The predicted octanol–water partition coefficient (Wildman–Crippen LogP) is 2.99. The topological polar surface area (TPSA) is 65.8 Å². The van der Waals surface area contributed by atoms with E-state index < -0.39 is 11.8 Å². The first-order valence-corrected chi connectivity index (χ1v) is 10.5. The van der Waals surface area contributed by atoms with Gasteiger partial charge in [-0.3, -0.25) is 0 Å². The van der Waals surface area contributed by atoms with Crippen LogP contribution in [-0.4, -0.2) is 66.7 Å². The van der Waals surface area contributed by atoms with Crippen molar-refractivity contribution in [3.05, 3.63) is 35.6 Å².